The highest BCUT2D eigenvalue weighted by Crippen LogP contribution is 2.17. The van der Waals surface area contributed by atoms with E-state index < -0.39 is 6.23 Å². The van der Waals surface area contributed by atoms with Crippen molar-refractivity contribution in [1.29, 1.82) is 0 Å². The highest BCUT2D eigenvalue weighted by atomic mass is 16.5. The third-order valence-corrected chi connectivity index (χ3v) is 4.47. The third kappa shape index (κ3) is 6.46. The van der Waals surface area contributed by atoms with Crippen LogP contribution in [0, 0.1) is 0 Å². The topological polar surface area (TPSA) is 120 Å². The number of aliphatic hydroxyl groups is 1. The first kappa shape index (κ1) is 21.1. The van der Waals surface area contributed by atoms with Gasteiger partial charge in [-0.3, -0.25) is 4.90 Å². The van der Waals surface area contributed by atoms with Crippen molar-refractivity contribution in [3.63, 3.8) is 0 Å². The van der Waals surface area contributed by atoms with Gasteiger partial charge in [-0.2, -0.15) is 4.68 Å². The molecule has 2 aromatic rings. The van der Waals surface area contributed by atoms with E-state index in [1.165, 1.54) is 42.6 Å². The first-order valence-electron chi connectivity index (χ1n) is 9.36. The Bertz CT molecular complexity index is 673. The van der Waals surface area contributed by atoms with Gasteiger partial charge in [0.1, 0.15) is 12.0 Å². The first-order valence-corrected chi connectivity index (χ1v) is 9.36. The van der Waals surface area contributed by atoms with E-state index >= 15 is 0 Å². The van der Waals surface area contributed by atoms with Gasteiger partial charge in [0.2, 0.25) is 5.95 Å². The van der Waals surface area contributed by atoms with E-state index in [1.807, 2.05) is 6.07 Å². The number of anilines is 1. The second kappa shape index (κ2) is 10.8. The highest BCUT2D eigenvalue weighted by Gasteiger charge is 2.11. The van der Waals surface area contributed by atoms with Crippen LogP contribution in [0.1, 0.15) is 44.4 Å². The van der Waals surface area contributed by atoms with Crippen LogP contribution in [0.25, 0.3) is 0 Å². The molecule has 0 saturated carbocycles. The summed E-state index contributed by atoms with van der Waals surface area (Å²) in [7, 11) is 0. The second-order valence-electron chi connectivity index (χ2n) is 6.69. The largest absolute Gasteiger partial charge is 0.494 e. The van der Waals surface area contributed by atoms with Crippen molar-refractivity contribution in [3.8, 4) is 5.75 Å². The Morgan fingerprint density at radius 3 is 2.85 bits per heavy atom. The summed E-state index contributed by atoms with van der Waals surface area (Å²) in [6.07, 6.45) is 4.02. The van der Waals surface area contributed by atoms with Crippen LogP contribution in [0.15, 0.2) is 24.3 Å². The van der Waals surface area contributed by atoms with Crippen LogP contribution in [0.5, 0.6) is 5.75 Å². The fraction of sp³-hybridized carbons (Fsp3) is 0.611. The molecule has 9 heteroatoms. The lowest BCUT2D eigenvalue weighted by Gasteiger charge is -2.26. The predicted molar refractivity (Wildman–Crippen MR) is 103 cm³/mol. The maximum absolute atomic E-state index is 9.54. The highest BCUT2D eigenvalue weighted by molar-refractivity contribution is 5.28. The number of nitrogens with one attached hydrogen (secondary N) is 1. The average molecular weight is 378 g/mol. The molecule has 0 bridgehead atoms. The number of benzene rings is 1. The van der Waals surface area contributed by atoms with Gasteiger partial charge in [0.15, 0.2) is 0 Å². The number of hydrogen-bond donors (Lipinski definition) is 2. The standard InChI is InChI=1S/C18H28N6O2.H2O/c1-15(25)24-18(20-21-22-24)19-9-6-12-26-17-8-5-7-16(13-17)14-23-10-3-2-4-11-23;/h5,7-8,13,15,25H,2-4,6,9-12,14H2,1H3,(H,19,20,22);1H2. The molecule has 1 aromatic heterocycles. The number of nitrogens with zero attached hydrogens (tertiary/aromatic N) is 5. The van der Waals surface area contributed by atoms with Gasteiger partial charge in [0.05, 0.1) is 6.61 Å². The smallest absolute Gasteiger partial charge is 0.245 e. The Morgan fingerprint density at radius 2 is 2.07 bits per heavy atom. The molecule has 1 aliphatic heterocycles. The molecule has 0 aliphatic carbocycles. The van der Waals surface area contributed by atoms with Gasteiger partial charge < -0.3 is 20.6 Å². The van der Waals surface area contributed by atoms with Crippen molar-refractivity contribution in [2.24, 2.45) is 0 Å². The lowest BCUT2D eigenvalue weighted by atomic mass is 10.1. The molecule has 2 heterocycles. The van der Waals surface area contributed by atoms with Gasteiger partial charge in [0.25, 0.3) is 0 Å². The second-order valence-corrected chi connectivity index (χ2v) is 6.69. The van der Waals surface area contributed by atoms with E-state index in [2.05, 4.69) is 43.9 Å². The quantitative estimate of drug-likeness (QED) is 0.630. The van der Waals surface area contributed by atoms with Crippen LogP contribution in [-0.4, -0.2) is 61.9 Å². The number of ether oxygens (including phenoxy) is 1. The molecule has 0 amide bonds. The molecular formula is C18H30N6O3. The van der Waals surface area contributed by atoms with E-state index in [4.69, 9.17) is 4.74 Å². The summed E-state index contributed by atoms with van der Waals surface area (Å²) < 4.78 is 7.20. The van der Waals surface area contributed by atoms with Crippen LogP contribution in [0.4, 0.5) is 5.95 Å². The number of aromatic nitrogens is 4. The summed E-state index contributed by atoms with van der Waals surface area (Å²) in [5.74, 6) is 1.37. The number of hydrogen-bond acceptors (Lipinski definition) is 7. The normalized spacial score (nSPS) is 15.8. The third-order valence-electron chi connectivity index (χ3n) is 4.47. The predicted octanol–water partition coefficient (Wildman–Crippen LogP) is 1.23. The molecule has 150 valence electrons. The molecule has 9 nitrogen and oxygen atoms in total. The van der Waals surface area contributed by atoms with Crippen LogP contribution >= 0.6 is 0 Å². The average Bonchev–Trinajstić information content (AvgIpc) is 3.11. The van der Waals surface area contributed by atoms with Crippen molar-refractivity contribution >= 4 is 5.95 Å². The molecule has 1 fully saturated rings. The maximum atomic E-state index is 9.54. The zero-order valence-electron chi connectivity index (χ0n) is 15.8. The molecule has 1 saturated heterocycles. The lowest BCUT2D eigenvalue weighted by Crippen LogP contribution is -2.29. The molecule has 1 unspecified atom stereocenters. The fourth-order valence-electron chi connectivity index (χ4n) is 3.13. The van der Waals surface area contributed by atoms with E-state index in [1.54, 1.807) is 6.92 Å². The Kier molecular flexibility index (Phi) is 8.43. The molecule has 0 radical (unpaired) electrons. The maximum Gasteiger partial charge on any atom is 0.245 e. The van der Waals surface area contributed by atoms with E-state index in [0.29, 0.717) is 19.1 Å². The summed E-state index contributed by atoms with van der Waals surface area (Å²) in [5.41, 5.74) is 1.30. The minimum atomic E-state index is -0.758. The number of rotatable bonds is 9. The number of likely N-dealkylation sites (tertiary alicyclic amines) is 1. The van der Waals surface area contributed by atoms with Gasteiger partial charge in [-0.1, -0.05) is 23.7 Å². The SMILES string of the molecule is CC(O)n1nnnc1NCCCOc1cccc(CN2CCCCC2)c1.O. The first-order chi connectivity index (χ1) is 12.7. The molecule has 4 N–H and O–H groups in total. The van der Waals surface area contributed by atoms with Gasteiger partial charge >= 0.3 is 0 Å². The van der Waals surface area contributed by atoms with Crippen molar-refractivity contribution in [3.05, 3.63) is 29.8 Å². The molecule has 3 rings (SSSR count). The Balaban J connectivity index is 0.00000261. The monoisotopic (exact) mass is 378 g/mol. The zero-order valence-corrected chi connectivity index (χ0v) is 15.8. The van der Waals surface area contributed by atoms with Gasteiger partial charge in [-0.25, -0.2) is 0 Å². The fourth-order valence-corrected chi connectivity index (χ4v) is 3.13. The summed E-state index contributed by atoms with van der Waals surface area (Å²) in [6.45, 7) is 6.28. The number of piperidine rings is 1. The number of tetrazole rings is 1. The number of aliphatic hydroxyl groups excluding tert-OH is 1. The van der Waals surface area contributed by atoms with Gasteiger partial charge in [-0.05, 0) is 67.4 Å². The molecule has 27 heavy (non-hydrogen) atoms. The van der Waals surface area contributed by atoms with E-state index in [-0.39, 0.29) is 5.48 Å². The van der Waals surface area contributed by atoms with E-state index in [9.17, 15) is 5.11 Å². The Labute approximate surface area is 159 Å². The van der Waals surface area contributed by atoms with Crippen molar-refractivity contribution in [2.75, 3.05) is 31.6 Å². The minimum Gasteiger partial charge on any atom is -0.494 e. The van der Waals surface area contributed by atoms with Crippen LogP contribution in [-0.2, 0) is 6.54 Å². The summed E-state index contributed by atoms with van der Waals surface area (Å²) >= 11 is 0. The Morgan fingerprint density at radius 1 is 1.26 bits per heavy atom. The molecule has 0 spiro atoms. The van der Waals surface area contributed by atoms with Crippen molar-refractivity contribution in [2.45, 2.75) is 45.4 Å². The van der Waals surface area contributed by atoms with Gasteiger partial charge in [-0.15, -0.1) is 0 Å². The molecule has 1 atom stereocenters. The molecule has 1 aliphatic rings. The summed E-state index contributed by atoms with van der Waals surface area (Å²) in [5, 5.41) is 23.8. The molecular weight excluding hydrogens is 348 g/mol. The van der Waals surface area contributed by atoms with Crippen LogP contribution in [0.3, 0.4) is 0 Å². The van der Waals surface area contributed by atoms with Gasteiger partial charge in [0, 0.05) is 13.1 Å². The van der Waals surface area contributed by atoms with E-state index in [0.717, 1.165) is 18.7 Å². The van der Waals surface area contributed by atoms with Crippen molar-refractivity contribution in [1.82, 2.24) is 25.1 Å². The van der Waals surface area contributed by atoms with Crippen LogP contribution < -0.4 is 10.1 Å². The van der Waals surface area contributed by atoms with Crippen molar-refractivity contribution < 1.29 is 15.3 Å². The molecule has 1 aromatic carbocycles. The zero-order chi connectivity index (χ0) is 18.2. The van der Waals surface area contributed by atoms with Crippen LogP contribution in [0.2, 0.25) is 0 Å². The Hall–Kier alpha value is -2.23. The summed E-state index contributed by atoms with van der Waals surface area (Å²) in [4.78, 5) is 2.51. The minimum absolute atomic E-state index is 0. The lowest BCUT2D eigenvalue weighted by molar-refractivity contribution is 0.110. The summed E-state index contributed by atoms with van der Waals surface area (Å²) in [6, 6.07) is 8.36.